The highest BCUT2D eigenvalue weighted by atomic mass is 19.3. The topological polar surface area (TPSA) is 109 Å². The van der Waals surface area contributed by atoms with E-state index in [9.17, 15) is 23.7 Å². The Kier molecular flexibility index (Phi) is 5.82. The summed E-state index contributed by atoms with van der Waals surface area (Å²) in [4.78, 5) is 21.9. The van der Waals surface area contributed by atoms with Gasteiger partial charge in [-0.15, -0.1) is 0 Å². The molecule has 0 aliphatic heterocycles. The van der Waals surface area contributed by atoms with Gasteiger partial charge in [0, 0.05) is 11.8 Å². The number of carbonyl (C=O) groups is 1. The molecule has 0 atom stereocenters. The molecule has 0 spiro atoms. The van der Waals surface area contributed by atoms with E-state index >= 15 is 0 Å². The number of nitrogens with zero attached hydrogens (tertiary/aromatic N) is 3. The summed E-state index contributed by atoms with van der Waals surface area (Å²) in [5, 5.41) is 16.8. The van der Waals surface area contributed by atoms with Crippen molar-refractivity contribution >= 4 is 17.3 Å². The molecule has 0 bridgehead atoms. The summed E-state index contributed by atoms with van der Waals surface area (Å²) in [6, 6.07) is 3.94. The molecule has 2 rings (SSSR count). The molecule has 0 radical (unpaired) electrons. The van der Waals surface area contributed by atoms with Crippen LogP contribution < -0.4 is 14.8 Å². The minimum Gasteiger partial charge on any atom is -0.490 e. The van der Waals surface area contributed by atoms with Crippen molar-refractivity contribution in [1.29, 1.82) is 0 Å². The van der Waals surface area contributed by atoms with Crippen molar-refractivity contribution in [3.8, 4) is 11.5 Å². The van der Waals surface area contributed by atoms with Crippen LogP contribution in [0.5, 0.6) is 11.5 Å². The molecule has 0 saturated carbocycles. The Morgan fingerprint density at radius 3 is 2.80 bits per heavy atom. The molecule has 11 heteroatoms. The maximum atomic E-state index is 12.3. The van der Waals surface area contributed by atoms with Crippen LogP contribution in [0.15, 0.2) is 30.6 Å². The average Bonchev–Trinajstić information content (AvgIpc) is 2.98. The van der Waals surface area contributed by atoms with Crippen molar-refractivity contribution in [2.45, 2.75) is 20.1 Å². The molecule has 9 nitrogen and oxygen atoms in total. The molecule has 0 aliphatic carbocycles. The maximum Gasteiger partial charge on any atom is 0.387 e. The summed E-state index contributed by atoms with van der Waals surface area (Å²) in [5.41, 5.74) is 0.0525. The zero-order valence-corrected chi connectivity index (χ0v) is 13.0. The van der Waals surface area contributed by atoms with Gasteiger partial charge in [0.2, 0.25) is 5.91 Å². The molecule has 0 unspecified atom stereocenters. The van der Waals surface area contributed by atoms with E-state index in [4.69, 9.17) is 4.74 Å². The number of halogens is 2. The van der Waals surface area contributed by atoms with Crippen LogP contribution in [0, 0.1) is 10.1 Å². The third kappa shape index (κ3) is 5.12. The number of ether oxygens (including phenoxy) is 2. The van der Waals surface area contributed by atoms with Gasteiger partial charge >= 0.3 is 12.3 Å². The van der Waals surface area contributed by atoms with Gasteiger partial charge in [0.25, 0.3) is 0 Å². The molecule has 25 heavy (non-hydrogen) atoms. The Balaban J connectivity index is 2.06. The zero-order chi connectivity index (χ0) is 18.4. The van der Waals surface area contributed by atoms with E-state index in [0.29, 0.717) is 0 Å². The van der Waals surface area contributed by atoms with E-state index in [2.05, 4.69) is 15.2 Å². The van der Waals surface area contributed by atoms with E-state index in [1.54, 1.807) is 6.92 Å². The first kappa shape index (κ1) is 18.1. The number of nitro groups is 1. The van der Waals surface area contributed by atoms with Crippen LogP contribution in [-0.4, -0.2) is 33.8 Å². The first-order valence-electron chi connectivity index (χ1n) is 7.07. The Morgan fingerprint density at radius 1 is 1.44 bits per heavy atom. The number of hydrogen-bond donors (Lipinski definition) is 1. The number of rotatable bonds is 8. The maximum absolute atomic E-state index is 12.3. The molecular formula is C14H14F2N4O5. The second-order valence-electron chi connectivity index (χ2n) is 4.67. The number of benzene rings is 1. The normalized spacial score (nSPS) is 10.6. The van der Waals surface area contributed by atoms with Gasteiger partial charge in [0.15, 0.2) is 11.5 Å². The lowest BCUT2D eigenvalue weighted by Gasteiger charge is -2.13. The van der Waals surface area contributed by atoms with Gasteiger partial charge in [-0.2, -0.15) is 13.9 Å². The molecule has 2 aromatic rings. The second-order valence-corrected chi connectivity index (χ2v) is 4.67. The van der Waals surface area contributed by atoms with Crippen molar-refractivity contribution in [3.63, 3.8) is 0 Å². The smallest absolute Gasteiger partial charge is 0.387 e. The van der Waals surface area contributed by atoms with Gasteiger partial charge in [-0.1, -0.05) is 0 Å². The lowest BCUT2D eigenvalue weighted by molar-refractivity contribution is -0.385. The van der Waals surface area contributed by atoms with E-state index in [1.165, 1.54) is 18.2 Å². The third-order valence-corrected chi connectivity index (χ3v) is 2.88. The standard InChI is InChI=1S/C14H14F2N4O5/c1-2-24-12-5-9(3-4-11(12)25-14(15)16)18-13(21)8-19-7-10(6-17-19)20(22)23/h3-7,14H,2,8H2,1H3,(H,18,21). The highest BCUT2D eigenvalue weighted by Crippen LogP contribution is 2.31. The van der Waals surface area contributed by atoms with E-state index < -0.39 is 17.4 Å². The molecule has 0 fully saturated rings. The Hall–Kier alpha value is -3.24. The van der Waals surface area contributed by atoms with E-state index in [0.717, 1.165) is 17.1 Å². The van der Waals surface area contributed by atoms with E-state index in [-0.39, 0.29) is 36.0 Å². The molecule has 1 aromatic heterocycles. The summed E-state index contributed by atoms with van der Waals surface area (Å²) in [7, 11) is 0. The summed E-state index contributed by atoms with van der Waals surface area (Å²) in [5.74, 6) is -0.615. The third-order valence-electron chi connectivity index (χ3n) is 2.88. The fourth-order valence-corrected chi connectivity index (χ4v) is 1.93. The molecule has 1 N–H and O–H groups in total. The molecule has 1 heterocycles. The Morgan fingerprint density at radius 2 is 2.20 bits per heavy atom. The van der Waals surface area contributed by atoms with Crippen molar-refractivity contribution in [1.82, 2.24) is 9.78 Å². The number of carbonyl (C=O) groups excluding carboxylic acids is 1. The first-order valence-corrected chi connectivity index (χ1v) is 7.07. The largest absolute Gasteiger partial charge is 0.490 e. The van der Waals surface area contributed by atoms with Gasteiger partial charge in [-0.05, 0) is 19.1 Å². The number of aromatic nitrogens is 2. The summed E-state index contributed by atoms with van der Waals surface area (Å²) < 4.78 is 35.3. The predicted octanol–water partition coefficient (Wildman–Crippen LogP) is 2.43. The summed E-state index contributed by atoms with van der Waals surface area (Å²) in [6.07, 6.45) is 2.14. The molecule has 1 amide bonds. The first-order chi connectivity index (χ1) is 11.9. The minimum atomic E-state index is -3.00. The van der Waals surface area contributed by atoms with Gasteiger partial charge in [-0.3, -0.25) is 19.6 Å². The van der Waals surface area contributed by atoms with Crippen LogP contribution in [-0.2, 0) is 11.3 Å². The van der Waals surface area contributed by atoms with Crippen LogP contribution in [0.1, 0.15) is 6.92 Å². The molecule has 1 aromatic carbocycles. The van der Waals surface area contributed by atoms with Crippen LogP contribution in [0.4, 0.5) is 20.2 Å². The quantitative estimate of drug-likeness (QED) is 0.575. The molecular weight excluding hydrogens is 342 g/mol. The van der Waals surface area contributed by atoms with Crippen LogP contribution in [0.3, 0.4) is 0 Å². The van der Waals surface area contributed by atoms with Crippen molar-refractivity contribution < 1.29 is 28.0 Å². The minimum absolute atomic E-state index is 0.0512. The number of nitrogens with one attached hydrogen (secondary N) is 1. The van der Waals surface area contributed by atoms with Crippen molar-refractivity contribution in [2.24, 2.45) is 0 Å². The SMILES string of the molecule is CCOc1cc(NC(=O)Cn2cc([N+](=O)[O-])cn2)ccc1OC(F)F. The van der Waals surface area contributed by atoms with Crippen LogP contribution in [0.2, 0.25) is 0 Å². The van der Waals surface area contributed by atoms with Gasteiger partial charge in [0.1, 0.15) is 18.9 Å². The monoisotopic (exact) mass is 356 g/mol. The summed E-state index contributed by atoms with van der Waals surface area (Å²) >= 11 is 0. The number of anilines is 1. The number of alkyl halides is 2. The number of amides is 1. The van der Waals surface area contributed by atoms with Gasteiger partial charge in [-0.25, -0.2) is 0 Å². The van der Waals surface area contributed by atoms with Gasteiger partial charge in [0.05, 0.1) is 11.5 Å². The molecule has 134 valence electrons. The number of hydrogen-bond acceptors (Lipinski definition) is 6. The predicted molar refractivity (Wildman–Crippen MR) is 81.8 cm³/mol. The fourth-order valence-electron chi connectivity index (χ4n) is 1.93. The van der Waals surface area contributed by atoms with Crippen molar-refractivity contribution in [2.75, 3.05) is 11.9 Å². The zero-order valence-electron chi connectivity index (χ0n) is 13.0. The highest BCUT2D eigenvalue weighted by Gasteiger charge is 2.14. The average molecular weight is 356 g/mol. The molecule has 0 aliphatic rings. The second kappa shape index (κ2) is 8.04. The lowest BCUT2D eigenvalue weighted by Crippen LogP contribution is -2.19. The Bertz CT molecular complexity index is 765. The molecule has 0 saturated heterocycles. The lowest BCUT2D eigenvalue weighted by atomic mass is 10.2. The van der Waals surface area contributed by atoms with Crippen LogP contribution in [0.25, 0.3) is 0 Å². The van der Waals surface area contributed by atoms with Gasteiger partial charge < -0.3 is 14.8 Å². The van der Waals surface area contributed by atoms with Crippen molar-refractivity contribution in [3.05, 3.63) is 40.7 Å². The summed E-state index contributed by atoms with van der Waals surface area (Å²) in [6.45, 7) is -1.38. The van der Waals surface area contributed by atoms with E-state index in [1.807, 2.05) is 0 Å². The Labute approximate surface area is 140 Å². The van der Waals surface area contributed by atoms with Crippen LogP contribution >= 0.6 is 0 Å². The fraction of sp³-hybridized carbons (Fsp3) is 0.286. The highest BCUT2D eigenvalue weighted by molar-refractivity contribution is 5.90.